The summed E-state index contributed by atoms with van der Waals surface area (Å²) in [4.78, 5) is 26.6. The molecule has 9 heteroatoms. The zero-order valence-electron chi connectivity index (χ0n) is 10.3. The molecule has 2 rings (SSSR count). The average Bonchev–Trinajstić information content (AvgIpc) is 2.76. The Hall–Kier alpha value is -2.12. The van der Waals surface area contributed by atoms with Crippen molar-refractivity contribution in [1.82, 2.24) is 0 Å². The Morgan fingerprint density at radius 1 is 1.60 bits per heavy atom. The van der Waals surface area contributed by atoms with E-state index in [2.05, 4.69) is 26.0 Å². The molecule has 1 saturated heterocycles. The first kappa shape index (κ1) is 14.3. The van der Waals surface area contributed by atoms with Crippen LogP contribution in [-0.2, 0) is 4.79 Å². The van der Waals surface area contributed by atoms with Crippen LogP contribution in [0.2, 0.25) is 0 Å². The summed E-state index contributed by atoms with van der Waals surface area (Å²) in [5.41, 5.74) is 8.42. The number of hydrogen-bond acceptors (Lipinski definition) is 4. The van der Waals surface area contributed by atoms with E-state index in [1.54, 1.807) is 12.1 Å². The Labute approximate surface area is 122 Å². The normalized spacial score (nSPS) is 17.9. The second-order valence-corrected chi connectivity index (χ2v) is 5.21. The fourth-order valence-corrected chi connectivity index (χ4v) is 2.69. The third kappa shape index (κ3) is 2.73. The summed E-state index contributed by atoms with van der Waals surface area (Å²) in [7, 11) is 0. The average molecular weight is 340 g/mol. The van der Waals surface area contributed by atoms with E-state index < -0.39 is 4.92 Å². The minimum absolute atomic E-state index is 0.114. The molecule has 20 heavy (non-hydrogen) atoms. The first-order valence-electron chi connectivity index (χ1n) is 5.78. The minimum atomic E-state index is -0.520. The number of amides is 1. The maximum Gasteiger partial charge on any atom is 0.307 e. The monoisotopic (exact) mass is 339 g/mol. The van der Waals surface area contributed by atoms with Crippen LogP contribution in [0.3, 0.4) is 0 Å². The molecule has 0 N–H and O–H groups in total. The van der Waals surface area contributed by atoms with Crippen LogP contribution in [0.15, 0.2) is 27.8 Å². The fraction of sp³-hybridized carbons (Fsp3) is 0.364. The van der Waals surface area contributed by atoms with E-state index in [4.69, 9.17) is 5.53 Å². The van der Waals surface area contributed by atoms with Gasteiger partial charge in [0, 0.05) is 24.4 Å². The van der Waals surface area contributed by atoms with Crippen molar-refractivity contribution in [1.29, 1.82) is 0 Å². The predicted molar refractivity (Wildman–Crippen MR) is 75.3 cm³/mol. The number of nitrogens with zero attached hydrogens (tertiary/aromatic N) is 5. The van der Waals surface area contributed by atoms with Crippen LogP contribution < -0.4 is 4.90 Å². The highest BCUT2D eigenvalue weighted by Gasteiger charge is 2.34. The number of azide groups is 1. The molecule has 1 amide bonds. The Bertz CT molecular complexity index is 614. The summed E-state index contributed by atoms with van der Waals surface area (Å²) < 4.78 is 0.325. The van der Waals surface area contributed by atoms with E-state index in [1.807, 2.05) is 0 Å². The molecule has 0 radical (unpaired) electrons. The minimum Gasteiger partial charge on any atom is -0.306 e. The number of carbonyl (C=O) groups excluding carboxylic acids is 1. The zero-order chi connectivity index (χ0) is 14.7. The van der Waals surface area contributed by atoms with Gasteiger partial charge >= 0.3 is 5.69 Å². The first-order valence-corrected chi connectivity index (χ1v) is 6.58. The standard InChI is InChI=1S/C11H10BrN5O3/c12-8-2-1-3-9(11(8)17(19)20)16-6-7(4-10(16)18)5-14-15-13/h1-3,7H,4-6H2. The molecule has 0 saturated carbocycles. The van der Waals surface area contributed by atoms with E-state index >= 15 is 0 Å². The quantitative estimate of drug-likeness (QED) is 0.276. The van der Waals surface area contributed by atoms with Crippen molar-refractivity contribution < 1.29 is 9.72 Å². The molecule has 0 aromatic heterocycles. The molecule has 0 bridgehead atoms. The van der Waals surface area contributed by atoms with Gasteiger partial charge in [0.05, 0.1) is 9.40 Å². The highest BCUT2D eigenvalue weighted by atomic mass is 79.9. The van der Waals surface area contributed by atoms with Gasteiger partial charge in [0.25, 0.3) is 0 Å². The molecule has 0 spiro atoms. The second kappa shape index (κ2) is 5.89. The van der Waals surface area contributed by atoms with Gasteiger partial charge in [-0.3, -0.25) is 14.9 Å². The van der Waals surface area contributed by atoms with Gasteiger partial charge in [-0.05, 0) is 39.5 Å². The largest absolute Gasteiger partial charge is 0.307 e. The Balaban J connectivity index is 2.33. The van der Waals surface area contributed by atoms with E-state index in [-0.39, 0.29) is 36.2 Å². The second-order valence-electron chi connectivity index (χ2n) is 4.35. The topological polar surface area (TPSA) is 112 Å². The van der Waals surface area contributed by atoms with E-state index in [1.165, 1.54) is 11.0 Å². The van der Waals surface area contributed by atoms with Gasteiger partial charge in [0.15, 0.2) is 0 Å². The third-order valence-corrected chi connectivity index (χ3v) is 3.69. The van der Waals surface area contributed by atoms with Crippen LogP contribution in [0.4, 0.5) is 11.4 Å². The first-order chi connectivity index (χ1) is 9.54. The number of nitro groups is 1. The number of nitro benzene ring substituents is 1. The number of benzene rings is 1. The van der Waals surface area contributed by atoms with E-state index in [0.29, 0.717) is 11.0 Å². The number of hydrogen-bond donors (Lipinski definition) is 0. The van der Waals surface area contributed by atoms with Crippen molar-refractivity contribution in [3.05, 3.63) is 43.2 Å². The molecule has 1 fully saturated rings. The van der Waals surface area contributed by atoms with Gasteiger partial charge in [-0.25, -0.2) is 0 Å². The van der Waals surface area contributed by atoms with E-state index in [0.717, 1.165) is 0 Å². The van der Waals surface area contributed by atoms with Crippen molar-refractivity contribution in [2.45, 2.75) is 6.42 Å². The highest BCUT2D eigenvalue weighted by Crippen LogP contribution is 2.37. The van der Waals surface area contributed by atoms with Crippen LogP contribution in [-0.4, -0.2) is 23.9 Å². The molecule has 1 heterocycles. The van der Waals surface area contributed by atoms with E-state index in [9.17, 15) is 14.9 Å². The van der Waals surface area contributed by atoms with Gasteiger partial charge in [-0.1, -0.05) is 11.2 Å². The number of halogens is 1. The number of anilines is 1. The van der Waals surface area contributed by atoms with Gasteiger partial charge in [0.1, 0.15) is 5.69 Å². The fourth-order valence-electron chi connectivity index (χ4n) is 2.19. The number of rotatable bonds is 4. The summed E-state index contributed by atoms with van der Waals surface area (Å²) in [5.74, 6) is -0.318. The van der Waals surface area contributed by atoms with Crippen molar-refractivity contribution >= 4 is 33.2 Å². The Kier molecular flexibility index (Phi) is 4.21. The van der Waals surface area contributed by atoms with Gasteiger partial charge < -0.3 is 4.90 Å². The lowest BCUT2D eigenvalue weighted by molar-refractivity contribution is -0.384. The molecular weight excluding hydrogens is 330 g/mol. The van der Waals surface area contributed by atoms with Crippen molar-refractivity contribution in [2.24, 2.45) is 11.0 Å². The molecule has 1 aliphatic heterocycles. The molecule has 8 nitrogen and oxygen atoms in total. The molecule has 1 aromatic rings. The van der Waals surface area contributed by atoms with Crippen LogP contribution in [0.25, 0.3) is 10.4 Å². The summed E-state index contributed by atoms with van der Waals surface area (Å²) in [5, 5.41) is 14.6. The summed E-state index contributed by atoms with van der Waals surface area (Å²) >= 11 is 3.13. The SMILES string of the molecule is [N-]=[N+]=NCC1CC(=O)N(c2cccc(Br)c2[N+](=O)[O-])C1. The van der Waals surface area contributed by atoms with Crippen LogP contribution >= 0.6 is 15.9 Å². The van der Waals surface area contributed by atoms with Crippen molar-refractivity contribution in [3.8, 4) is 0 Å². The highest BCUT2D eigenvalue weighted by molar-refractivity contribution is 9.10. The lowest BCUT2D eigenvalue weighted by atomic mass is 10.1. The zero-order valence-corrected chi connectivity index (χ0v) is 11.9. The van der Waals surface area contributed by atoms with Crippen molar-refractivity contribution in [2.75, 3.05) is 18.0 Å². The number of para-hydroxylation sites is 1. The summed E-state index contributed by atoms with van der Waals surface area (Å²) in [6.07, 6.45) is 0.225. The Morgan fingerprint density at radius 2 is 2.35 bits per heavy atom. The van der Waals surface area contributed by atoms with Crippen molar-refractivity contribution in [3.63, 3.8) is 0 Å². The lowest BCUT2D eigenvalue weighted by Gasteiger charge is -2.16. The predicted octanol–water partition coefficient (Wildman–Crippen LogP) is 3.02. The molecule has 104 valence electrons. The third-order valence-electron chi connectivity index (χ3n) is 3.05. The molecule has 1 atom stereocenters. The van der Waals surface area contributed by atoms with Crippen LogP contribution in [0.1, 0.15) is 6.42 Å². The summed E-state index contributed by atoms with van der Waals surface area (Å²) in [6, 6.07) is 4.73. The summed E-state index contributed by atoms with van der Waals surface area (Å²) in [6.45, 7) is 0.523. The molecule has 0 aliphatic carbocycles. The van der Waals surface area contributed by atoms with Crippen LogP contribution in [0.5, 0.6) is 0 Å². The molecular formula is C11H10BrN5O3. The van der Waals surface area contributed by atoms with Gasteiger partial charge in [-0.2, -0.15) is 0 Å². The molecule has 1 aliphatic rings. The maximum atomic E-state index is 12.0. The molecule has 1 aromatic carbocycles. The number of carbonyl (C=O) groups is 1. The van der Waals surface area contributed by atoms with Gasteiger partial charge in [0.2, 0.25) is 5.91 Å². The molecule has 1 unspecified atom stereocenters. The smallest absolute Gasteiger partial charge is 0.306 e. The van der Waals surface area contributed by atoms with Gasteiger partial charge in [-0.15, -0.1) is 0 Å². The maximum absolute atomic E-state index is 12.0. The van der Waals surface area contributed by atoms with Crippen LogP contribution in [0, 0.1) is 16.0 Å². The lowest BCUT2D eigenvalue weighted by Crippen LogP contribution is -2.25. The Morgan fingerprint density at radius 3 is 3.00 bits per heavy atom.